The first-order valence-electron chi connectivity index (χ1n) is 8.59. The molecule has 0 radical (unpaired) electrons. The fraction of sp³-hybridized carbons (Fsp3) is 0.444. The van der Waals surface area contributed by atoms with Crippen molar-refractivity contribution < 1.29 is 13.2 Å². The molecule has 0 aliphatic heterocycles. The summed E-state index contributed by atoms with van der Waals surface area (Å²) in [6.07, 6.45) is -3.98. The highest BCUT2D eigenvalue weighted by Crippen LogP contribution is 2.29. The van der Waals surface area contributed by atoms with E-state index in [1.54, 1.807) is 0 Å². The lowest BCUT2D eigenvalue weighted by molar-refractivity contribution is -0.140. The van der Waals surface area contributed by atoms with Crippen molar-refractivity contribution in [3.63, 3.8) is 0 Å². The van der Waals surface area contributed by atoms with E-state index in [0.29, 0.717) is 37.0 Å². The Morgan fingerprint density at radius 1 is 1.19 bits per heavy atom. The first-order chi connectivity index (χ1) is 12.8. The molecule has 2 N–H and O–H groups in total. The molecule has 2 rings (SSSR count). The summed E-state index contributed by atoms with van der Waals surface area (Å²) in [6.45, 7) is 3.62. The zero-order valence-electron chi connectivity index (χ0n) is 15.6. The topological polar surface area (TPSA) is 52.6 Å². The van der Waals surface area contributed by atoms with Gasteiger partial charge in [-0.25, -0.2) is 9.98 Å². The smallest absolute Gasteiger partial charge is 0.378 e. The molecule has 0 fully saturated rings. The molecule has 27 heavy (non-hydrogen) atoms. The summed E-state index contributed by atoms with van der Waals surface area (Å²) in [6, 6.07) is 8.12. The van der Waals surface area contributed by atoms with Crippen LogP contribution in [0.15, 0.2) is 34.6 Å². The molecule has 0 aliphatic carbocycles. The van der Waals surface area contributed by atoms with Crippen molar-refractivity contribution in [2.24, 2.45) is 4.99 Å². The van der Waals surface area contributed by atoms with E-state index < -0.39 is 11.9 Å². The third-order valence-electron chi connectivity index (χ3n) is 3.69. The lowest BCUT2D eigenvalue weighted by Gasteiger charge is -2.13. The highest BCUT2D eigenvalue weighted by Gasteiger charge is 2.33. The summed E-state index contributed by atoms with van der Waals surface area (Å²) in [5, 5.41) is 7.76. The second-order valence-corrected chi connectivity index (χ2v) is 7.00. The van der Waals surface area contributed by atoms with Gasteiger partial charge < -0.3 is 15.5 Å². The molecule has 1 aromatic carbocycles. The number of anilines is 1. The molecule has 0 spiro atoms. The monoisotopic (exact) mass is 399 g/mol. The first-order valence-corrected chi connectivity index (χ1v) is 9.47. The molecular formula is C18H24F3N5S. The molecule has 0 saturated carbocycles. The van der Waals surface area contributed by atoms with Gasteiger partial charge >= 0.3 is 6.18 Å². The van der Waals surface area contributed by atoms with Crippen molar-refractivity contribution in [1.82, 2.24) is 15.6 Å². The maximum atomic E-state index is 12.6. The SMILES string of the molecule is CCNC(=NCc1ccc(N(C)C)cc1)NCCc1nc(C(F)(F)F)cs1. The number of aromatic nitrogens is 1. The van der Waals surface area contributed by atoms with Gasteiger partial charge in [0, 0.05) is 44.7 Å². The van der Waals surface area contributed by atoms with Crippen LogP contribution in [0.25, 0.3) is 0 Å². The summed E-state index contributed by atoms with van der Waals surface area (Å²) in [5.41, 5.74) is 1.37. The fourth-order valence-corrected chi connectivity index (χ4v) is 3.06. The lowest BCUT2D eigenvalue weighted by atomic mass is 10.2. The van der Waals surface area contributed by atoms with Crippen LogP contribution >= 0.6 is 11.3 Å². The summed E-state index contributed by atoms with van der Waals surface area (Å²) < 4.78 is 37.7. The van der Waals surface area contributed by atoms with Gasteiger partial charge in [-0.3, -0.25) is 0 Å². The van der Waals surface area contributed by atoms with E-state index in [0.717, 1.165) is 28.0 Å². The average Bonchev–Trinajstić information content (AvgIpc) is 3.09. The van der Waals surface area contributed by atoms with Gasteiger partial charge in [-0.05, 0) is 24.6 Å². The summed E-state index contributed by atoms with van der Waals surface area (Å²) in [5.74, 6) is 0.627. The minimum absolute atomic E-state index is 0.405. The van der Waals surface area contributed by atoms with Crippen LogP contribution in [0, 0.1) is 0 Å². The predicted octanol–water partition coefficient (Wildman–Crippen LogP) is 3.53. The Morgan fingerprint density at radius 3 is 2.44 bits per heavy atom. The third-order valence-corrected chi connectivity index (χ3v) is 4.60. The van der Waals surface area contributed by atoms with E-state index in [2.05, 4.69) is 20.6 Å². The van der Waals surface area contributed by atoms with Gasteiger partial charge in [0.15, 0.2) is 11.7 Å². The molecule has 0 aliphatic rings. The van der Waals surface area contributed by atoms with Crippen molar-refractivity contribution >= 4 is 23.0 Å². The number of aliphatic imine (C=N–C) groups is 1. The molecule has 5 nitrogen and oxygen atoms in total. The molecular weight excluding hydrogens is 375 g/mol. The number of alkyl halides is 3. The Hall–Kier alpha value is -2.29. The van der Waals surface area contributed by atoms with Gasteiger partial charge in [-0.2, -0.15) is 13.2 Å². The first kappa shape index (κ1) is 21.0. The number of guanidine groups is 1. The van der Waals surface area contributed by atoms with Gasteiger partial charge in [0.2, 0.25) is 0 Å². The number of rotatable bonds is 7. The Kier molecular flexibility index (Phi) is 7.46. The van der Waals surface area contributed by atoms with Crippen LogP contribution in [-0.4, -0.2) is 38.1 Å². The number of halogens is 3. The summed E-state index contributed by atoms with van der Waals surface area (Å²) in [4.78, 5) is 10.2. The number of hydrogen-bond donors (Lipinski definition) is 2. The zero-order chi connectivity index (χ0) is 19.9. The third kappa shape index (κ3) is 6.74. The molecule has 2 aromatic rings. The Bertz CT molecular complexity index is 738. The van der Waals surface area contributed by atoms with Crippen molar-refractivity contribution in [1.29, 1.82) is 0 Å². The maximum Gasteiger partial charge on any atom is 0.434 e. The molecule has 0 unspecified atom stereocenters. The highest BCUT2D eigenvalue weighted by atomic mass is 32.1. The van der Waals surface area contributed by atoms with Gasteiger partial charge in [-0.1, -0.05) is 12.1 Å². The number of nitrogens with one attached hydrogen (secondary N) is 2. The molecule has 9 heteroatoms. The molecule has 0 atom stereocenters. The Labute approximate surface area is 161 Å². The van der Waals surface area contributed by atoms with Gasteiger partial charge in [0.25, 0.3) is 0 Å². The van der Waals surface area contributed by atoms with E-state index in [-0.39, 0.29) is 0 Å². The number of nitrogens with zero attached hydrogens (tertiary/aromatic N) is 3. The van der Waals surface area contributed by atoms with E-state index in [1.807, 2.05) is 50.2 Å². The van der Waals surface area contributed by atoms with Crippen LogP contribution in [-0.2, 0) is 19.1 Å². The summed E-state index contributed by atoms with van der Waals surface area (Å²) >= 11 is 1.02. The van der Waals surface area contributed by atoms with Gasteiger partial charge in [0.1, 0.15) is 0 Å². The second-order valence-electron chi connectivity index (χ2n) is 6.06. The average molecular weight is 399 g/mol. The molecule has 148 valence electrons. The van der Waals surface area contributed by atoms with Gasteiger partial charge in [0.05, 0.1) is 11.6 Å². The fourth-order valence-electron chi connectivity index (χ4n) is 2.26. The molecule has 0 saturated heterocycles. The van der Waals surface area contributed by atoms with Crippen molar-refractivity contribution in [2.45, 2.75) is 26.1 Å². The largest absolute Gasteiger partial charge is 0.434 e. The number of benzene rings is 1. The van der Waals surface area contributed by atoms with E-state index in [4.69, 9.17) is 0 Å². The summed E-state index contributed by atoms with van der Waals surface area (Å²) in [7, 11) is 3.97. The standard InChI is InChI=1S/C18H24F3N5S/c1-4-22-17(24-11-13-5-7-14(8-6-13)26(2)3)23-10-9-16-25-15(12-27-16)18(19,20)21/h5-8,12H,4,9-11H2,1-3H3,(H2,22,23,24). The van der Waals surface area contributed by atoms with Crippen LogP contribution in [0.5, 0.6) is 0 Å². The van der Waals surface area contributed by atoms with Crippen LogP contribution < -0.4 is 15.5 Å². The maximum absolute atomic E-state index is 12.6. The van der Waals surface area contributed by atoms with Crippen LogP contribution in [0.1, 0.15) is 23.2 Å². The minimum Gasteiger partial charge on any atom is -0.378 e. The van der Waals surface area contributed by atoms with E-state index >= 15 is 0 Å². The van der Waals surface area contributed by atoms with Crippen LogP contribution in [0.4, 0.5) is 18.9 Å². The highest BCUT2D eigenvalue weighted by molar-refractivity contribution is 7.09. The van der Waals surface area contributed by atoms with E-state index in [9.17, 15) is 13.2 Å². The van der Waals surface area contributed by atoms with Crippen LogP contribution in [0.3, 0.4) is 0 Å². The molecule has 0 bridgehead atoms. The van der Waals surface area contributed by atoms with Gasteiger partial charge in [-0.15, -0.1) is 11.3 Å². The van der Waals surface area contributed by atoms with Crippen molar-refractivity contribution in [3.05, 3.63) is 45.9 Å². The zero-order valence-corrected chi connectivity index (χ0v) is 16.4. The normalized spacial score (nSPS) is 12.1. The quantitative estimate of drug-likeness (QED) is 0.553. The molecule has 1 heterocycles. The predicted molar refractivity (Wildman–Crippen MR) is 104 cm³/mol. The van der Waals surface area contributed by atoms with Crippen molar-refractivity contribution in [2.75, 3.05) is 32.1 Å². The second kappa shape index (κ2) is 9.59. The van der Waals surface area contributed by atoms with Crippen molar-refractivity contribution in [3.8, 4) is 0 Å². The molecule has 0 amide bonds. The molecule has 1 aromatic heterocycles. The Balaban J connectivity index is 1.88. The number of thiazole rings is 1. The van der Waals surface area contributed by atoms with Crippen LogP contribution in [0.2, 0.25) is 0 Å². The minimum atomic E-state index is -4.39. The Morgan fingerprint density at radius 2 is 1.89 bits per heavy atom. The van der Waals surface area contributed by atoms with E-state index in [1.165, 1.54) is 0 Å². The number of hydrogen-bond acceptors (Lipinski definition) is 4. The lowest BCUT2D eigenvalue weighted by Crippen LogP contribution is -2.38.